The van der Waals surface area contributed by atoms with Gasteiger partial charge in [-0.25, -0.2) is 14.6 Å². The average Bonchev–Trinajstić information content (AvgIpc) is 2.27. The van der Waals surface area contributed by atoms with Crippen molar-refractivity contribution >= 4 is 17.7 Å². The van der Waals surface area contributed by atoms with Gasteiger partial charge in [0, 0.05) is 6.54 Å². The first-order valence-corrected chi connectivity index (χ1v) is 5.89. The minimum Gasteiger partial charge on any atom is -0.477 e. The number of nitrogens with one attached hydrogen (secondary N) is 2. The van der Waals surface area contributed by atoms with Crippen molar-refractivity contribution in [2.75, 3.05) is 11.9 Å². The molecule has 2 amide bonds. The summed E-state index contributed by atoms with van der Waals surface area (Å²) in [5.41, 5.74) is 0.432. The predicted octanol–water partition coefficient (Wildman–Crippen LogP) is 1.70. The van der Waals surface area contributed by atoms with Crippen LogP contribution in [0.2, 0.25) is 0 Å². The van der Waals surface area contributed by atoms with Gasteiger partial charge in [0.05, 0.1) is 11.9 Å². The van der Waals surface area contributed by atoms with Crippen molar-refractivity contribution in [3.63, 3.8) is 0 Å². The molecule has 2 rings (SSSR count). The number of pyridine rings is 1. The number of aromatic nitrogens is 1. The molecule has 1 aliphatic rings. The molecule has 0 spiro atoms. The first kappa shape index (κ1) is 12.3. The predicted molar refractivity (Wildman–Crippen MR) is 65.6 cm³/mol. The maximum absolute atomic E-state index is 11.5. The largest absolute Gasteiger partial charge is 0.477 e. The molecule has 0 unspecified atom stereocenters. The third-order valence-electron chi connectivity index (χ3n) is 3.02. The van der Waals surface area contributed by atoms with Gasteiger partial charge in [-0.05, 0) is 30.9 Å². The summed E-state index contributed by atoms with van der Waals surface area (Å²) in [5, 5.41) is 14.1. The van der Waals surface area contributed by atoms with Crippen molar-refractivity contribution < 1.29 is 14.7 Å². The van der Waals surface area contributed by atoms with E-state index < -0.39 is 5.97 Å². The van der Waals surface area contributed by atoms with E-state index in [0.29, 0.717) is 18.2 Å². The zero-order valence-corrected chi connectivity index (χ0v) is 9.85. The standard InChI is InChI=1S/C12H15N3O3/c16-11(17)10-5-4-9(7-13-10)15-12(18)14-6-8-2-1-3-8/h4-5,7-8H,1-3,6H2,(H,16,17)(H2,14,15,18). The number of urea groups is 1. The van der Waals surface area contributed by atoms with Gasteiger partial charge in [-0.1, -0.05) is 6.42 Å². The number of hydrogen-bond donors (Lipinski definition) is 3. The van der Waals surface area contributed by atoms with Crippen LogP contribution in [-0.2, 0) is 0 Å². The van der Waals surface area contributed by atoms with E-state index in [1.807, 2.05) is 0 Å². The highest BCUT2D eigenvalue weighted by Crippen LogP contribution is 2.25. The smallest absolute Gasteiger partial charge is 0.354 e. The van der Waals surface area contributed by atoms with Crippen LogP contribution in [0, 0.1) is 5.92 Å². The highest BCUT2D eigenvalue weighted by molar-refractivity contribution is 5.90. The SMILES string of the molecule is O=C(NCC1CCC1)Nc1ccc(C(=O)O)nc1. The van der Waals surface area contributed by atoms with Crippen LogP contribution in [0.3, 0.4) is 0 Å². The Morgan fingerprint density at radius 2 is 2.17 bits per heavy atom. The van der Waals surface area contributed by atoms with Crippen LogP contribution in [0.1, 0.15) is 29.8 Å². The van der Waals surface area contributed by atoms with Crippen LogP contribution >= 0.6 is 0 Å². The number of carboxylic acid groups (broad SMARTS) is 1. The van der Waals surface area contributed by atoms with Crippen molar-refractivity contribution in [3.05, 3.63) is 24.0 Å². The number of carbonyl (C=O) groups is 2. The number of anilines is 1. The van der Waals surface area contributed by atoms with E-state index in [0.717, 1.165) is 0 Å². The molecule has 0 atom stereocenters. The average molecular weight is 249 g/mol. The molecule has 1 aliphatic carbocycles. The lowest BCUT2D eigenvalue weighted by Gasteiger charge is -2.25. The first-order valence-electron chi connectivity index (χ1n) is 5.89. The second kappa shape index (κ2) is 5.48. The molecule has 0 saturated heterocycles. The highest BCUT2D eigenvalue weighted by Gasteiger charge is 2.17. The Balaban J connectivity index is 1.80. The molecule has 0 aromatic carbocycles. The van der Waals surface area contributed by atoms with Gasteiger partial charge in [0.25, 0.3) is 0 Å². The minimum atomic E-state index is -1.09. The van der Waals surface area contributed by atoms with Crippen molar-refractivity contribution in [1.82, 2.24) is 10.3 Å². The lowest BCUT2D eigenvalue weighted by atomic mass is 9.85. The number of carboxylic acids is 1. The van der Waals surface area contributed by atoms with Gasteiger partial charge in [0.2, 0.25) is 0 Å². The van der Waals surface area contributed by atoms with Gasteiger partial charge in [0.1, 0.15) is 5.69 Å². The first-order chi connectivity index (χ1) is 8.65. The molecule has 1 saturated carbocycles. The summed E-state index contributed by atoms with van der Waals surface area (Å²) < 4.78 is 0. The zero-order valence-electron chi connectivity index (χ0n) is 9.85. The van der Waals surface area contributed by atoms with Crippen LogP contribution in [-0.4, -0.2) is 28.6 Å². The van der Waals surface area contributed by atoms with Crippen LogP contribution in [0.15, 0.2) is 18.3 Å². The van der Waals surface area contributed by atoms with E-state index in [4.69, 9.17) is 5.11 Å². The molecule has 1 aromatic heterocycles. The monoisotopic (exact) mass is 249 g/mol. The number of nitrogens with zero attached hydrogens (tertiary/aromatic N) is 1. The molecule has 96 valence electrons. The molecule has 0 bridgehead atoms. The molecule has 6 heteroatoms. The van der Waals surface area contributed by atoms with Gasteiger partial charge in [0.15, 0.2) is 0 Å². The third-order valence-corrected chi connectivity index (χ3v) is 3.02. The molecule has 1 aromatic rings. The third kappa shape index (κ3) is 3.19. The summed E-state index contributed by atoms with van der Waals surface area (Å²) in [6.07, 6.45) is 4.92. The zero-order chi connectivity index (χ0) is 13.0. The second-order valence-electron chi connectivity index (χ2n) is 4.37. The van der Waals surface area contributed by atoms with Gasteiger partial charge in [-0.3, -0.25) is 0 Å². The van der Waals surface area contributed by atoms with E-state index in [-0.39, 0.29) is 11.7 Å². The second-order valence-corrected chi connectivity index (χ2v) is 4.37. The van der Waals surface area contributed by atoms with Crippen LogP contribution < -0.4 is 10.6 Å². The Morgan fingerprint density at radius 1 is 1.39 bits per heavy atom. The van der Waals surface area contributed by atoms with Crippen molar-refractivity contribution in [1.29, 1.82) is 0 Å². The summed E-state index contributed by atoms with van der Waals surface area (Å²) in [4.78, 5) is 25.8. The molecule has 1 fully saturated rings. The lowest BCUT2D eigenvalue weighted by Crippen LogP contribution is -2.35. The molecule has 1 heterocycles. The number of carbonyl (C=O) groups excluding carboxylic acids is 1. The fourth-order valence-corrected chi connectivity index (χ4v) is 1.70. The fourth-order valence-electron chi connectivity index (χ4n) is 1.70. The Morgan fingerprint density at radius 3 is 2.67 bits per heavy atom. The van der Waals surface area contributed by atoms with Gasteiger partial charge in [-0.2, -0.15) is 0 Å². The van der Waals surface area contributed by atoms with Crippen LogP contribution in [0.4, 0.5) is 10.5 Å². The molecule has 0 radical (unpaired) electrons. The normalized spacial score (nSPS) is 14.7. The Hall–Kier alpha value is -2.11. The van der Waals surface area contributed by atoms with Crippen LogP contribution in [0.25, 0.3) is 0 Å². The summed E-state index contributed by atoms with van der Waals surface area (Å²) in [6.45, 7) is 0.687. The number of hydrogen-bond acceptors (Lipinski definition) is 3. The maximum atomic E-state index is 11.5. The van der Waals surface area contributed by atoms with E-state index in [1.165, 1.54) is 37.6 Å². The van der Waals surface area contributed by atoms with Crippen molar-refractivity contribution in [3.8, 4) is 0 Å². The topological polar surface area (TPSA) is 91.3 Å². The maximum Gasteiger partial charge on any atom is 0.354 e. The molecular weight excluding hydrogens is 234 g/mol. The molecule has 3 N–H and O–H groups in total. The van der Waals surface area contributed by atoms with E-state index in [2.05, 4.69) is 15.6 Å². The van der Waals surface area contributed by atoms with Crippen molar-refractivity contribution in [2.45, 2.75) is 19.3 Å². The number of amides is 2. The molecule has 18 heavy (non-hydrogen) atoms. The summed E-state index contributed by atoms with van der Waals surface area (Å²) >= 11 is 0. The number of rotatable bonds is 4. The summed E-state index contributed by atoms with van der Waals surface area (Å²) in [5.74, 6) is -0.487. The highest BCUT2D eigenvalue weighted by atomic mass is 16.4. The number of aromatic carboxylic acids is 1. The lowest BCUT2D eigenvalue weighted by molar-refractivity contribution is 0.0690. The summed E-state index contributed by atoms with van der Waals surface area (Å²) in [7, 11) is 0. The quantitative estimate of drug-likeness (QED) is 0.757. The van der Waals surface area contributed by atoms with Gasteiger partial charge in [-0.15, -0.1) is 0 Å². The fraction of sp³-hybridized carbons (Fsp3) is 0.417. The summed E-state index contributed by atoms with van der Waals surface area (Å²) in [6, 6.07) is 2.58. The van der Waals surface area contributed by atoms with Gasteiger partial charge >= 0.3 is 12.0 Å². The molecular formula is C12H15N3O3. The van der Waals surface area contributed by atoms with Crippen LogP contribution in [0.5, 0.6) is 0 Å². The Kier molecular flexibility index (Phi) is 3.76. The Labute approximate surface area is 104 Å². The van der Waals surface area contributed by atoms with E-state index in [9.17, 15) is 9.59 Å². The van der Waals surface area contributed by atoms with E-state index >= 15 is 0 Å². The minimum absolute atomic E-state index is 0.0459. The molecule has 0 aliphatic heterocycles. The van der Waals surface area contributed by atoms with E-state index in [1.54, 1.807) is 0 Å². The van der Waals surface area contributed by atoms with Crippen molar-refractivity contribution in [2.24, 2.45) is 5.92 Å². The van der Waals surface area contributed by atoms with Gasteiger partial charge < -0.3 is 15.7 Å². The molecule has 6 nitrogen and oxygen atoms in total. The Bertz CT molecular complexity index is 440.